The van der Waals surface area contributed by atoms with Gasteiger partial charge >= 0.3 is 0 Å². The van der Waals surface area contributed by atoms with Crippen molar-refractivity contribution in [2.24, 2.45) is 0 Å². The molecule has 0 atom stereocenters. The van der Waals surface area contributed by atoms with Crippen molar-refractivity contribution in [1.29, 1.82) is 0 Å². The van der Waals surface area contributed by atoms with Crippen LogP contribution in [0.1, 0.15) is 18.7 Å². The molecule has 1 aliphatic rings. The molecule has 0 N–H and O–H groups in total. The first-order chi connectivity index (χ1) is 5.36. The minimum absolute atomic E-state index is 0.113. The molecule has 1 aromatic rings. The van der Waals surface area contributed by atoms with Crippen molar-refractivity contribution < 1.29 is 0 Å². The van der Waals surface area contributed by atoms with Crippen LogP contribution in [0.5, 0.6) is 0 Å². The summed E-state index contributed by atoms with van der Waals surface area (Å²) in [4.78, 5) is 14.7. The molecule has 11 heavy (non-hydrogen) atoms. The number of nitrogens with zero attached hydrogens (tertiary/aromatic N) is 2. The third kappa shape index (κ3) is 1.18. The summed E-state index contributed by atoms with van der Waals surface area (Å²) >= 11 is 0. The van der Waals surface area contributed by atoms with Crippen LogP contribution in [0.3, 0.4) is 0 Å². The lowest BCUT2D eigenvalue weighted by atomic mass is 10.1. The lowest BCUT2D eigenvalue weighted by Gasteiger charge is -2.16. The monoisotopic (exact) mass is 150 g/mol. The average Bonchev–Trinajstić information content (AvgIpc) is 2.04. The van der Waals surface area contributed by atoms with E-state index in [0.717, 1.165) is 25.2 Å². The Balaban J connectivity index is 2.51. The Hall–Kier alpha value is -1.12. The molecular formula is C8H10N2O. The van der Waals surface area contributed by atoms with E-state index in [2.05, 4.69) is 9.55 Å². The molecule has 58 valence electrons. The average molecular weight is 150 g/mol. The highest BCUT2D eigenvalue weighted by molar-refractivity contribution is 4.95. The highest BCUT2D eigenvalue weighted by Crippen LogP contribution is 2.09. The third-order valence-electron chi connectivity index (χ3n) is 2.02. The Morgan fingerprint density at radius 3 is 3.27 bits per heavy atom. The van der Waals surface area contributed by atoms with Gasteiger partial charge in [0.2, 0.25) is 0 Å². The summed E-state index contributed by atoms with van der Waals surface area (Å²) in [6.45, 7) is 1.02. The van der Waals surface area contributed by atoms with Crippen molar-refractivity contribution in [3.63, 3.8) is 0 Å². The molecule has 2 heterocycles. The number of fused-ring (bicyclic) bond motifs is 1. The molecule has 0 aromatic carbocycles. The molecule has 3 nitrogen and oxygen atoms in total. The van der Waals surface area contributed by atoms with Crippen LogP contribution < -0.4 is 5.56 Å². The van der Waals surface area contributed by atoms with Gasteiger partial charge in [-0.2, -0.15) is 4.98 Å². The van der Waals surface area contributed by atoms with Crippen LogP contribution in [0.15, 0.2) is 17.1 Å². The molecule has 0 unspecified atom stereocenters. The molecule has 2 rings (SSSR count). The first-order valence-electron chi connectivity index (χ1n) is 3.92. The molecule has 3 heteroatoms. The molecule has 0 spiro atoms. The molecular weight excluding hydrogens is 140 g/mol. The van der Waals surface area contributed by atoms with Gasteiger partial charge in [-0.15, -0.1) is 0 Å². The van der Waals surface area contributed by atoms with Crippen molar-refractivity contribution in [2.75, 3.05) is 0 Å². The largest absolute Gasteiger partial charge is 0.336 e. The van der Waals surface area contributed by atoms with Crippen LogP contribution in [0.25, 0.3) is 0 Å². The van der Waals surface area contributed by atoms with Gasteiger partial charge in [0.05, 0.1) is 0 Å². The quantitative estimate of drug-likeness (QED) is 0.542. The number of rotatable bonds is 0. The van der Waals surface area contributed by atoms with Crippen LogP contribution in [0, 0.1) is 0 Å². The lowest BCUT2D eigenvalue weighted by molar-refractivity contribution is 0.505. The summed E-state index contributed by atoms with van der Waals surface area (Å²) in [6, 6.07) is 1.52. The van der Waals surface area contributed by atoms with Crippen LogP contribution in [-0.2, 0) is 13.0 Å². The Morgan fingerprint density at radius 2 is 2.36 bits per heavy atom. The Bertz CT molecular complexity index is 316. The van der Waals surface area contributed by atoms with Crippen molar-refractivity contribution in [3.05, 3.63) is 28.4 Å². The van der Waals surface area contributed by atoms with Crippen LogP contribution in [0.2, 0.25) is 0 Å². The van der Waals surface area contributed by atoms with E-state index in [9.17, 15) is 4.79 Å². The van der Waals surface area contributed by atoms with E-state index in [4.69, 9.17) is 0 Å². The molecule has 1 aromatic heterocycles. The standard InChI is InChI=1S/C8H10N2O/c11-8-4-6-10-5-2-1-3-7(10)9-8/h4,6H,1-3,5H2. The van der Waals surface area contributed by atoms with Gasteiger partial charge in [0.1, 0.15) is 5.82 Å². The molecule has 0 fully saturated rings. The highest BCUT2D eigenvalue weighted by atomic mass is 16.1. The van der Waals surface area contributed by atoms with E-state index in [-0.39, 0.29) is 5.56 Å². The van der Waals surface area contributed by atoms with Gasteiger partial charge in [-0.05, 0) is 12.8 Å². The van der Waals surface area contributed by atoms with Crippen LogP contribution in [0.4, 0.5) is 0 Å². The summed E-state index contributed by atoms with van der Waals surface area (Å²) in [5, 5.41) is 0. The normalized spacial score (nSPS) is 16.0. The molecule has 0 saturated carbocycles. The fraction of sp³-hybridized carbons (Fsp3) is 0.500. The van der Waals surface area contributed by atoms with E-state index in [1.807, 2.05) is 6.20 Å². The van der Waals surface area contributed by atoms with Crippen LogP contribution in [-0.4, -0.2) is 9.55 Å². The predicted molar refractivity (Wildman–Crippen MR) is 41.4 cm³/mol. The van der Waals surface area contributed by atoms with Gasteiger partial charge in [-0.1, -0.05) is 0 Å². The van der Waals surface area contributed by atoms with Gasteiger partial charge in [-0.3, -0.25) is 4.79 Å². The fourth-order valence-corrected chi connectivity index (χ4v) is 1.44. The Morgan fingerprint density at radius 1 is 1.45 bits per heavy atom. The van der Waals surface area contributed by atoms with E-state index in [1.165, 1.54) is 12.5 Å². The molecule has 0 amide bonds. The van der Waals surface area contributed by atoms with Gasteiger partial charge in [0.15, 0.2) is 0 Å². The minimum Gasteiger partial charge on any atom is -0.336 e. The number of aryl methyl sites for hydroxylation is 2. The van der Waals surface area contributed by atoms with Crippen molar-refractivity contribution in [1.82, 2.24) is 9.55 Å². The maximum absolute atomic E-state index is 10.8. The molecule has 0 aliphatic carbocycles. The summed E-state index contributed by atoms with van der Waals surface area (Å²) < 4.78 is 2.06. The molecule has 0 radical (unpaired) electrons. The second-order valence-electron chi connectivity index (χ2n) is 2.83. The second kappa shape index (κ2) is 2.49. The lowest BCUT2D eigenvalue weighted by Crippen LogP contribution is -2.19. The molecule has 1 aliphatic heterocycles. The zero-order valence-corrected chi connectivity index (χ0v) is 6.29. The topological polar surface area (TPSA) is 34.9 Å². The van der Waals surface area contributed by atoms with E-state index >= 15 is 0 Å². The summed E-state index contributed by atoms with van der Waals surface area (Å²) in [7, 11) is 0. The van der Waals surface area contributed by atoms with E-state index in [0.29, 0.717) is 0 Å². The van der Waals surface area contributed by atoms with Crippen molar-refractivity contribution in [2.45, 2.75) is 25.8 Å². The van der Waals surface area contributed by atoms with Gasteiger partial charge < -0.3 is 4.57 Å². The zero-order valence-electron chi connectivity index (χ0n) is 6.29. The van der Waals surface area contributed by atoms with Gasteiger partial charge in [0, 0.05) is 25.2 Å². The number of aromatic nitrogens is 2. The van der Waals surface area contributed by atoms with Crippen molar-refractivity contribution in [3.8, 4) is 0 Å². The Labute approximate surface area is 64.7 Å². The summed E-state index contributed by atoms with van der Waals surface area (Å²) in [5.41, 5.74) is -0.113. The van der Waals surface area contributed by atoms with E-state index in [1.54, 1.807) is 0 Å². The SMILES string of the molecule is O=c1ccn2c(n1)CCCC2. The third-order valence-corrected chi connectivity index (χ3v) is 2.02. The van der Waals surface area contributed by atoms with Crippen LogP contribution >= 0.6 is 0 Å². The predicted octanol–water partition coefficient (Wildman–Crippen LogP) is 0.580. The fourth-order valence-electron chi connectivity index (χ4n) is 1.44. The Kier molecular flexibility index (Phi) is 1.49. The maximum Gasteiger partial charge on any atom is 0.272 e. The van der Waals surface area contributed by atoms with E-state index < -0.39 is 0 Å². The maximum atomic E-state index is 10.8. The number of hydrogen-bond acceptors (Lipinski definition) is 2. The molecule has 0 bridgehead atoms. The van der Waals surface area contributed by atoms with Gasteiger partial charge in [-0.25, -0.2) is 0 Å². The minimum atomic E-state index is -0.113. The smallest absolute Gasteiger partial charge is 0.272 e. The number of hydrogen-bond donors (Lipinski definition) is 0. The molecule has 0 saturated heterocycles. The second-order valence-corrected chi connectivity index (χ2v) is 2.83. The zero-order chi connectivity index (χ0) is 7.68. The summed E-state index contributed by atoms with van der Waals surface area (Å²) in [5.74, 6) is 0.948. The van der Waals surface area contributed by atoms with Crippen molar-refractivity contribution >= 4 is 0 Å². The first kappa shape index (κ1) is 6.58. The summed E-state index contributed by atoms with van der Waals surface area (Å²) in [6.07, 6.45) is 5.16. The van der Waals surface area contributed by atoms with Gasteiger partial charge in [0.25, 0.3) is 5.56 Å². The first-order valence-corrected chi connectivity index (χ1v) is 3.92. The highest BCUT2D eigenvalue weighted by Gasteiger charge is 2.07.